The van der Waals surface area contributed by atoms with Gasteiger partial charge in [-0.25, -0.2) is 4.39 Å². The summed E-state index contributed by atoms with van der Waals surface area (Å²) >= 11 is 5.55. The first kappa shape index (κ1) is 13.1. The third kappa shape index (κ3) is 4.29. The van der Waals surface area contributed by atoms with Crippen LogP contribution in [0.25, 0.3) is 0 Å². The first-order valence-electron chi connectivity index (χ1n) is 5.23. The molecule has 0 atom stereocenters. The van der Waals surface area contributed by atoms with Crippen LogP contribution in [0.3, 0.4) is 0 Å². The first-order valence-corrected chi connectivity index (χ1v) is 5.61. The zero-order valence-corrected chi connectivity index (χ0v) is 9.98. The maximum Gasteiger partial charge on any atom is 0.142 e. The van der Waals surface area contributed by atoms with Crippen LogP contribution in [-0.2, 0) is 11.2 Å². The molecule has 0 bridgehead atoms. The molecule has 0 aromatic heterocycles. The molecule has 4 heteroatoms. The van der Waals surface area contributed by atoms with Crippen LogP contribution in [0, 0.1) is 5.82 Å². The third-order valence-corrected chi connectivity index (χ3v) is 2.57. The van der Waals surface area contributed by atoms with Crippen LogP contribution in [-0.4, -0.2) is 19.4 Å². The number of hydrogen-bond acceptors (Lipinski definition) is 2. The van der Waals surface area contributed by atoms with E-state index in [-0.39, 0.29) is 17.2 Å². The molecule has 1 aromatic carbocycles. The smallest absolute Gasteiger partial charge is 0.142 e. The lowest BCUT2D eigenvalue weighted by Gasteiger charge is -2.02. The third-order valence-electron chi connectivity index (χ3n) is 2.27. The van der Waals surface area contributed by atoms with E-state index in [1.807, 2.05) is 7.05 Å². The minimum Gasteiger partial charge on any atom is -0.320 e. The molecule has 0 aliphatic carbocycles. The Morgan fingerprint density at radius 2 is 2.25 bits per heavy atom. The van der Waals surface area contributed by atoms with Crippen molar-refractivity contribution in [3.05, 3.63) is 34.6 Å². The Labute approximate surface area is 99.8 Å². The fraction of sp³-hybridized carbons (Fsp3) is 0.417. The van der Waals surface area contributed by atoms with Gasteiger partial charge in [0.2, 0.25) is 0 Å². The van der Waals surface area contributed by atoms with Crippen LogP contribution in [0.1, 0.15) is 18.4 Å². The Balaban J connectivity index is 2.46. The number of carbonyl (C=O) groups excluding carboxylic acids is 1. The van der Waals surface area contributed by atoms with Crippen LogP contribution in [0.15, 0.2) is 18.2 Å². The summed E-state index contributed by atoms with van der Waals surface area (Å²) in [5.74, 6) is -0.348. The highest BCUT2D eigenvalue weighted by atomic mass is 35.5. The van der Waals surface area contributed by atoms with Gasteiger partial charge in [-0.15, -0.1) is 0 Å². The second kappa shape index (κ2) is 6.61. The average molecular weight is 244 g/mol. The molecular weight excluding hydrogens is 229 g/mol. The summed E-state index contributed by atoms with van der Waals surface area (Å²) in [6, 6.07) is 4.48. The number of rotatable bonds is 6. The number of benzene rings is 1. The Bertz CT molecular complexity index is 368. The zero-order valence-electron chi connectivity index (χ0n) is 9.22. The second-order valence-electron chi connectivity index (χ2n) is 3.67. The van der Waals surface area contributed by atoms with Gasteiger partial charge in [-0.1, -0.05) is 17.7 Å². The Morgan fingerprint density at radius 3 is 2.88 bits per heavy atom. The van der Waals surface area contributed by atoms with Crippen molar-refractivity contribution < 1.29 is 9.18 Å². The number of hydrogen-bond donors (Lipinski definition) is 1. The van der Waals surface area contributed by atoms with Crippen molar-refractivity contribution in [1.29, 1.82) is 0 Å². The lowest BCUT2D eigenvalue weighted by molar-refractivity contribution is -0.118. The Hall–Kier alpha value is -0.930. The Morgan fingerprint density at radius 1 is 1.50 bits per heavy atom. The minimum absolute atomic E-state index is 0.0892. The predicted octanol–water partition coefficient (Wildman–Crippen LogP) is 2.59. The molecule has 0 aliphatic rings. The van der Waals surface area contributed by atoms with Crippen LogP contribution < -0.4 is 5.32 Å². The Kier molecular flexibility index (Phi) is 5.43. The van der Waals surface area contributed by atoms with E-state index >= 15 is 0 Å². The molecule has 0 saturated carbocycles. The van der Waals surface area contributed by atoms with Crippen molar-refractivity contribution in [1.82, 2.24) is 5.32 Å². The number of carbonyl (C=O) groups is 1. The zero-order chi connectivity index (χ0) is 12.0. The normalized spacial score (nSPS) is 10.4. The van der Waals surface area contributed by atoms with E-state index in [2.05, 4.69) is 5.32 Å². The molecule has 1 N–H and O–H groups in total. The molecule has 0 saturated heterocycles. The van der Waals surface area contributed by atoms with Gasteiger partial charge >= 0.3 is 0 Å². The van der Waals surface area contributed by atoms with E-state index in [9.17, 15) is 9.18 Å². The number of halogens is 2. The fourth-order valence-corrected chi connectivity index (χ4v) is 1.55. The van der Waals surface area contributed by atoms with E-state index < -0.39 is 5.82 Å². The molecule has 0 fully saturated rings. The van der Waals surface area contributed by atoms with Gasteiger partial charge in [0.25, 0.3) is 0 Å². The quantitative estimate of drug-likeness (QED) is 0.779. The molecule has 1 rings (SSSR count). The van der Waals surface area contributed by atoms with Gasteiger partial charge in [-0.2, -0.15) is 0 Å². The largest absolute Gasteiger partial charge is 0.320 e. The monoisotopic (exact) mass is 243 g/mol. The molecule has 0 heterocycles. The van der Waals surface area contributed by atoms with Crippen molar-refractivity contribution in [2.45, 2.75) is 19.3 Å². The maximum atomic E-state index is 13.1. The van der Waals surface area contributed by atoms with Gasteiger partial charge in [0.05, 0.1) is 5.02 Å². The maximum absolute atomic E-state index is 13.1. The minimum atomic E-state index is -0.470. The van der Waals surface area contributed by atoms with Crippen LogP contribution in [0.5, 0.6) is 0 Å². The van der Waals surface area contributed by atoms with Gasteiger partial charge in [0.1, 0.15) is 11.6 Å². The van der Waals surface area contributed by atoms with Gasteiger partial charge in [-0.05, 0) is 37.7 Å². The summed E-state index contributed by atoms with van der Waals surface area (Å²) in [5, 5.41) is 3.06. The molecule has 16 heavy (non-hydrogen) atoms. The molecule has 0 aliphatic heterocycles. The van der Waals surface area contributed by atoms with Crippen molar-refractivity contribution in [3.63, 3.8) is 0 Å². The molecule has 2 nitrogen and oxygen atoms in total. The van der Waals surface area contributed by atoms with E-state index in [0.29, 0.717) is 12.0 Å². The summed E-state index contributed by atoms with van der Waals surface area (Å²) in [7, 11) is 1.85. The fourth-order valence-electron chi connectivity index (χ4n) is 1.43. The molecule has 0 unspecified atom stereocenters. The van der Waals surface area contributed by atoms with Crippen molar-refractivity contribution in [3.8, 4) is 0 Å². The average Bonchev–Trinajstić information content (AvgIpc) is 2.24. The van der Waals surface area contributed by atoms with Crippen molar-refractivity contribution in [2.75, 3.05) is 13.6 Å². The molecule has 0 radical (unpaired) electrons. The highest BCUT2D eigenvalue weighted by molar-refractivity contribution is 6.30. The highest BCUT2D eigenvalue weighted by Crippen LogP contribution is 2.16. The van der Waals surface area contributed by atoms with Crippen LogP contribution in [0.2, 0.25) is 5.02 Å². The SMILES string of the molecule is CNCCCC(=O)Cc1ccc(Cl)c(F)c1. The van der Waals surface area contributed by atoms with Gasteiger partial charge < -0.3 is 5.32 Å². The number of ketones is 1. The standard InChI is InChI=1S/C12H15ClFNO/c1-15-6-2-3-10(16)7-9-4-5-11(13)12(14)8-9/h4-5,8,15H,2-3,6-7H2,1H3. The van der Waals surface area contributed by atoms with Gasteiger partial charge in [0, 0.05) is 12.8 Å². The van der Waals surface area contributed by atoms with Crippen LogP contribution >= 0.6 is 11.6 Å². The van der Waals surface area contributed by atoms with E-state index in [0.717, 1.165) is 13.0 Å². The topological polar surface area (TPSA) is 29.1 Å². The van der Waals surface area contributed by atoms with Gasteiger partial charge in [0.15, 0.2) is 0 Å². The van der Waals surface area contributed by atoms with Crippen molar-refractivity contribution in [2.24, 2.45) is 0 Å². The molecular formula is C12H15ClFNO. The molecule has 0 amide bonds. The highest BCUT2D eigenvalue weighted by Gasteiger charge is 2.06. The lowest BCUT2D eigenvalue weighted by atomic mass is 10.1. The molecule has 88 valence electrons. The second-order valence-corrected chi connectivity index (χ2v) is 4.08. The first-order chi connectivity index (χ1) is 7.63. The van der Waals surface area contributed by atoms with E-state index in [1.165, 1.54) is 12.1 Å². The summed E-state index contributed by atoms with van der Waals surface area (Å²) in [4.78, 5) is 11.5. The molecule has 0 spiro atoms. The summed E-state index contributed by atoms with van der Waals surface area (Å²) in [6.07, 6.45) is 1.61. The number of nitrogens with one attached hydrogen (secondary N) is 1. The summed E-state index contributed by atoms with van der Waals surface area (Å²) in [5.41, 5.74) is 0.677. The lowest BCUT2D eigenvalue weighted by Crippen LogP contribution is -2.11. The number of Topliss-reactive ketones (excluding diaryl/α,β-unsaturated/α-hetero) is 1. The predicted molar refractivity (Wildman–Crippen MR) is 63.3 cm³/mol. The molecule has 1 aromatic rings. The van der Waals surface area contributed by atoms with E-state index in [4.69, 9.17) is 11.6 Å². The summed E-state index contributed by atoms with van der Waals surface area (Å²) < 4.78 is 13.1. The summed E-state index contributed by atoms with van der Waals surface area (Å²) in [6.45, 7) is 0.820. The van der Waals surface area contributed by atoms with E-state index in [1.54, 1.807) is 6.07 Å². The van der Waals surface area contributed by atoms with Crippen molar-refractivity contribution >= 4 is 17.4 Å². The van der Waals surface area contributed by atoms with Gasteiger partial charge in [-0.3, -0.25) is 4.79 Å². The van der Waals surface area contributed by atoms with Crippen LogP contribution in [0.4, 0.5) is 4.39 Å².